The van der Waals surface area contributed by atoms with Crippen LogP contribution in [0.1, 0.15) is 28.9 Å². The van der Waals surface area contributed by atoms with Gasteiger partial charge in [0.1, 0.15) is 5.69 Å². The molecule has 6 nitrogen and oxygen atoms in total. The predicted molar refractivity (Wildman–Crippen MR) is 131 cm³/mol. The molecule has 1 N–H and O–H groups in total. The molecule has 33 heavy (non-hydrogen) atoms. The van der Waals surface area contributed by atoms with E-state index in [0.717, 1.165) is 34.0 Å². The number of hydrogen-bond donors (Lipinski definition) is 1. The zero-order valence-electron chi connectivity index (χ0n) is 18.1. The Bertz CT molecular complexity index is 1510. The van der Waals surface area contributed by atoms with Gasteiger partial charge in [-0.15, -0.1) is 0 Å². The number of nitrogens with one attached hydrogen (secondary N) is 1. The summed E-state index contributed by atoms with van der Waals surface area (Å²) in [6, 6.07) is 17.6. The van der Waals surface area contributed by atoms with Crippen molar-refractivity contribution < 1.29 is 4.79 Å². The molecule has 6 rings (SSSR count). The van der Waals surface area contributed by atoms with Crippen molar-refractivity contribution in [1.82, 2.24) is 19.1 Å². The van der Waals surface area contributed by atoms with E-state index in [0.29, 0.717) is 28.3 Å². The molecule has 1 aliphatic carbocycles. The van der Waals surface area contributed by atoms with Crippen molar-refractivity contribution in [2.75, 3.05) is 5.32 Å². The van der Waals surface area contributed by atoms with E-state index in [-0.39, 0.29) is 5.91 Å². The Balaban J connectivity index is 1.56. The molecule has 0 saturated heterocycles. The molecule has 0 radical (unpaired) electrons. The monoisotopic (exact) mass is 455 g/mol. The summed E-state index contributed by atoms with van der Waals surface area (Å²) in [5.74, 6) is 0.918. The standard InChI is InChI=1S/C26H22ClN5O/c1-16-7-10-18(13-20(16)27)30-25(33)23-14-22-24(32(23)26-28-11-4-12-29-26)19-5-2-3-6-21(19)31(22)15-17-8-9-17/h2-7,10-14,17H,8-9,15H2,1H3,(H,30,33). The number of halogens is 1. The van der Waals surface area contributed by atoms with Crippen molar-refractivity contribution in [3.63, 3.8) is 0 Å². The number of amides is 1. The Kier molecular flexibility index (Phi) is 4.69. The van der Waals surface area contributed by atoms with Crippen LogP contribution in [0.15, 0.2) is 67.0 Å². The van der Waals surface area contributed by atoms with Gasteiger partial charge in [0.05, 0.1) is 16.6 Å². The van der Waals surface area contributed by atoms with E-state index in [4.69, 9.17) is 11.6 Å². The zero-order valence-corrected chi connectivity index (χ0v) is 18.9. The third-order valence-electron chi connectivity index (χ3n) is 6.27. The Morgan fingerprint density at radius 1 is 1.06 bits per heavy atom. The second-order valence-corrected chi connectivity index (χ2v) is 9.04. The Hall–Kier alpha value is -3.64. The largest absolute Gasteiger partial charge is 0.339 e. The molecule has 1 fully saturated rings. The van der Waals surface area contributed by atoms with Crippen LogP contribution in [0, 0.1) is 12.8 Å². The molecular weight excluding hydrogens is 434 g/mol. The van der Waals surface area contributed by atoms with E-state index in [1.54, 1.807) is 24.5 Å². The van der Waals surface area contributed by atoms with Crippen molar-refractivity contribution in [2.45, 2.75) is 26.3 Å². The summed E-state index contributed by atoms with van der Waals surface area (Å²) < 4.78 is 4.20. The van der Waals surface area contributed by atoms with Gasteiger partial charge in [-0.2, -0.15) is 0 Å². The average Bonchev–Trinajstić information content (AvgIpc) is 3.49. The normalized spacial score (nSPS) is 13.6. The molecular formula is C26H22ClN5O. The van der Waals surface area contributed by atoms with E-state index in [1.165, 1.54) is 12.8 Å². The van der Waals surface area contributed by atoms with Crippen LogP contribution >= 0.6 is 11.6 Å². The summed E-state index contributed by atoms with van der Waals surface area (Å²) in [6.07, 6.45) is 5.88. The van der Waals surface area contributed by atoms with Crippen molar-refractivity contribution in [2.24, 2.45) is 5.92 Å². The highest BCUT2D eigenvalue weighted by Gasteiger charge is 2.28. The first kappa shape index (κ1) is 20.0. The van der Waals surface area contributed by atoms with Crippen LogP contribution in [-0.2, 0) is 6.54 Å². The lowest BCUT2D eigenvalue weighted by Gasteiger charge is -2.10. The van der Waals surface area contributed by atoms with Gasteiger partial charge < -0.3 is 9.88 Å². The van der Waals surface area contributed by atoms with Crippen LogP contribution in [0.2, 0.25) is 5.02 Å². The topological polar surface area (TPSA) is 64.7 Å². The van der Waals surface area contributed by atoms with Gasteiger partial charge in [-0.1, -0.05) is 35.9 Å². The second kappa shape index (κ2) is 7.74. The van der Waals surface area contributed by atoms with Crippen LogP contribution in [0.3, 0.4) is 0 Å². The van der Waals surface area contributed by atoms with Gasteiger partial charge in [0.2, 0.25) is 5.95 Å². The van der Waals surface area contributed by atoms with Crippen LogP contribution in [-0.4, -0.2) is 25.0 Å². The second-order valence-electron chi connectivity index (χ2n) is 8.64. The summed E-state index contributed by atoms with van der Waals surface area (Å²) in [6.45, 7) is 2.88. The molecule has 7 heteroatoms. The van der Waals surface area contributed by atoms with E-state index in [1.807, 2.05) is 35.8 Å². The highest BCUT2D eigenvalue weighted by atomic mass is 35.5. The maximum Gasteiger partial charge on any atom is 0.272 e. The molecule has 1 amide bonds. The minimum Gasteiger partial charge on any atom is -0.339 e. The Labute approximate surface area is 195 Å². The number of benzene rings is 2. The first-order chi connectivity index (χ1) is 16.1. The molecule has 5 aromatic rings. The third kappa shape index (κ3) is 3.47. The lowest BCUT2D eigenvalue weighted by Crippen LogP contribution is -2.17. The van der Waals surface area contributed by atoms with Gasteiger partial charge in [-0.25, -0.2) is 9.97 Å². The number of anilines is 1. The number of rotatable bonds is 5. The molecule has 3 heterocycles. The molecule has 3 aromatic heterocycles. The molecule has 0 spiro atoms. The molecule has 0 atom stereocenters. The first-order valence-corrected chi connectivity index (χ1v) is 11.5. The van der Waals surface area contributed by atoms with E-state index >= 15 is 0 Å². The quantitative estimate of drug-likeness (QED) is 0.353. The summed E-state index contributed by atoms with van der Waals surface area (Å²) in [5.41, 5.74) is 5.22. The lowest BCUT2D eigenvalue weighted by molar-refractivity contribution is 0.102. The van der Waals surface area contributed by atoms with Crippen molar-refractivity contribution in [3.05, 3.63) is 83.3 Å². The van der Waals surface area contributed by atoms with Gasteiger partial charge in [-0.3, -0.25) is 9.36 Å². The number of aromatic nitrogens is 4. The summed E-state index contributed by atoms with van der Waals surface area (Å²) in [7, 11) is 0. The average molecular weight is 456 g/mol. The Morgan fingerprint density at radius 2 is 1.85 bits per heavy atom. The van der Waals surface area contributed by atoms with E-state index in [2.05, 4.69) is 38.1 Å². The minimum atomic E-state index is -0.236. The SMILES string of the molecule is Cc1ccc(NC(=O)c2cc3c(c4ccccc4n3CC3CC3)n2-c2ncccn2)cc1Cl. The van der Waals surface area contributed by atoms with Crippen molar-refractivity contribution in [3.8, 4) is 5.95 Å². The molecule has 1 aliphatic rings. The highest BCUT2D eigenvalue weighted by Crippen LogP contribution is 2.38. The van der Waals surface area contributed by atoms with E-state index in [9.17, 15) is 4.79 Å². The molecule has 0 bridgehead atoms. The summed E-state index contributed by atoms with van der Waals surface area (Å²) in [4.78, 5) is 22.5. The Morgan fingerprint density at radius 3 is 2.61 bits per heavy atom. The summed E-state index contributed by atoms with van der Waals surface area (Å²) in [5, 5.41) is 4.69. The van der Waals surface area contributed by atoms with Crippen molar-refractivity contribution >= 4 is 45.1 Å². The zero-order chi connectivity index (χ0) is 22.5. The number of para-hydroxylation sites is 1. The number of carbonyl (C=O) groups excluding carboxylic acids is 1. The van der Waals surface area contributed by atoms with Gasteiger partial charge in [-0.05, 0) is 61.6 Å². The molecule has 1 saturated carbocycles. The van der Waals surface area contributed by atoms with Gasteiger partial charge >= 0.3 is 0 Å². The number of nitrogens with zero attached hydrogens (tertiary/aromatic N) is 4. The fourth-order valence-electron chi connectivity index (χ4n) is 4.40. The minimum absolute atomic E-state index is 0.236. The lowest BCUT2D eigenvalue weighted by atomic mass is 10.2. The molecule has 164 valence electrons. The number of carbonyl (C=O) groups is 1. The maximum absolute atomic E-state index is 13.5. The van der Waals surface area contributed by atoms with Crippen LogP contribution < -0.4 is 5.32 Å². The van der Waals surface area contributed by atoms with E-state index < -0.39 is 0 Å². The van der Waals surface area contributed by atoms with Crippen LogP contribution in [0.4, 0.5) is 5.69 Å². The van der Waals surface area contributed by atoms with Gasteiger partial charge in [0.15, 0.2) is 0 Å². The van der Waals surface area contributed by atoms with Gasteiger partial charge in [0, 0.05) is 35.0 Å². The third-order valence-corrected chi connectivity index (χ3v) is 6.68. The molecule has 0 aliphatic heterocycles. The number of aryl methyl sites for hydroxylation is 1. The predicted octanol–water partition coefficient (Wildman–Crippen LogP) is 6.00. The van der Waals surface area contributed by atoms with Crippen LogP contribution in [0.5, 0.6) is 0 Å². The molecule has 2 aromatic carbocycles. The van der Waals surface area contributed by atoms with Crippen LogP contribution in [0.25, 0.3) is 27.9 Å². The fraction of sp³-hybridized carbons (Fsp3) is 0.192. The number of fused-ring (bicyclic) bond motifs is 3. The fourth-order valence-corrected chi connectivity index (χ4v) is 4.58. The number of hydrogen-bond acceptors (Lipinski definition) is 3. The summed E-state index contributed by atoms with van der Waals surface area (Å²) >= 11 is 6.28. The first-order valence-electron chi connectivity index (χ1n) is 11.1. The van der Waals surface area contributed by atoms with Gasteiger partial charge in [0.25, 0.3) is 5.91 Å². The highest BCUT2D eigenvalue weighted by molar-refractivity contribution is 6.31. The van der Waals surface area contributed by atoms with Crippen molar-refractivity contribution in [1.29, 1.82) is 0 Å². The smallest absolute Gasteiger partial charge is 0.272 e. The maximum atomic E-state index is 13.5. The molecule has 0 unspecified atom stereocenters.